The molecule has 1 N–H and O–H groups in total. The fourth-order valence-electron chi connectivity index (χ4n) is 2.54. The van der Waals surface area contributed by atoms with Gasteiger partial charge in [0.05, 0.1) is 11.7 Å². The van der Waals surface area contributed by atoms with Gasteiger partial charge in [-0.15, -0.1) is 0 Å². The number of rotatable bonds is 2. The molecule has 0 saturated heterocycles. The highest BCUT2D eigenvalue weighted by molar-refractivity contribution is 5.27. The van der Waals surface area contributed by atoms with Gasteiger partial charge in [0.25, 0.3) is 0 Å². The van der Waals surface area contributed by atoms with Crippen molar-refractivity contribution in [2.45, 2.75) is 44.3 Å². The molecule has 1 aromatic carbocycles. The van der Waals surface area contributed by atoms with E-state index in [-0.39, 0.29) is 11.7 Å². The molecule has 88 valence electrons. The number of hydrogen-bond donors (Lipinski definition) is 1. The van der Waals surface area contributed by atoms with Crippen LogP contribution >= 0.6 is 0 Å². The van der Waals surface area contributed by atoms with Crippen LogP contribution in [-0.4, -0.2) is 18.3 Å². The molecule has 0 spiro atoms. The standard InChI is InChI=1S/C14H20O2/c1-11-3-5-12(6-4-11)14(16-2)9-7-13(15)8-10-14/h3-6,13,15H,7-10H2,1-2H3. The van der Waals surface area contributed by atoms with Gasteiger partial charge >= 0.3 is 0 Å². The van der Waals surface area contributed by atoms with Gasteiger partial charge in [-0.05, 0) is 38.2 Å². The molecular weight excluding hydrogens is 200 g/mol. The van der Waals surface area contributed by atoms with Crippen molar-refractivity contribution in [3.05, 3.63) is 35.4 Å². The molecule has 0 amide bonds. The molecule has 0 atom stereocenters. The molecule has 1 aliphatic carbocycles. The number of methoxy groups -OCH3 is 1. The highest BCUT2D eigenvalue weighted by atomic mass is 16.5. The van der Waals surface area contributed by atoms with Crippen LogP contribution in [0.25, 0.3) is 0 Å². The summed E-state index contributed by atoms with van der Waals surface area (Å²) in [6.07, 6.45) is 3.35. The molecule has 1 saturated carbocycles. The van der Waals surface area contributed by atoms with Crippen molar-refractivity contribution in [1.82, 2.24) is 0 Å². The minimum absolute atomic E-state index is 0.145. The third-order valence-corrected chi connectivity index (χ3v) is 3.73. The molecule has 1 fully saturated rings. The van der Waals surface area contributed by atoms with Crippen molar-refractivity contribution in [2.75, 3.05) is 7.11 Å². The molecule has 0 radical (unpaired) electrons. The fourth-order valence-corrected chi connectivity index (χ4v) is 2.54. The average Bonchev–Trinajstić information content (AvgIpc) is 2.32. The lowest BCUT2D eigenvalue weighted by Gasteiger charge is -2.38. The van der Waals surface area contributed by atoms with E-state index in [1.165, 1.54) is 11.1 Å². The summed E-state index contributed by atoms with van der Waals surface area (Å²) in [5.74, 6) is 0. The molecule has 0 bridgehead atoms. The number of aryl methyl sites for hydroxylation is 1. The number of benzene rings is 1. The van der Waals surface area contributed by atoms with E-state index in [2.05, 4.69) is 31.2 Å². The zero-order valence-corrected chi connectivity index (χ0v) is 10.1. The summed E-state index contributed by atoms with van der Waals surface area (Å²) in [7, 11) is 1.78. The van der Waals surface area contributed by atoms with Gasteiger partial charge in [-0.1, -0.05) is 29.8 Å². The van der Waals surface area contributed by atoms with Gasteiger partial charge in [-0.3, -0.25) is 0 Å². The molecule has 16 heavy (non-hydrogen) atoms. The van der Waals surface area contributed by atoms with Crippen molar-refractivity contribution in [3.8, 4) is 0 Å². The smallest absolute Gasteiger partial charge is 0.0929 e. The Morgan fingerprint density at radius 3 is 2.25 bits per heavy atom. The van der Waals surface area contributed by atoms with Crippen LogP contribution in [0.4, 0.5) is 0 Å². The van der Waals surface area contributed by atoms with E-state index >= 15 is 0 Å². The Hall–Kier alpha value is -0.860. The maximum Gasteiger partial charge on any atom is 0.0929 e. The Balaban J connectivity index is 2.24. The van der Waals surface area contributed by atoms with Gasteiger partial charge in [-0.25, -0.2) is 0 Å². The summed E-state index contributed by atoms with van der Waals surface area (Å²) in [6.45, 7) is 2.09. The Morgan fingerprint density at radius 1 is 1.19 bits per heavy atom. The molecule has 2 nitrogen and oxygen atoms in total. The van der Waals surface area contributed by atoms with Crippen LogP contribution in [0.3, 0.4) is 0 Å². The number of hydrogen-bond acceptors (Lipinski definition) is 2. The van der Waals surface area contributed by atoms with Crippen molar-refractivity contribution < 1.29 is 9.84 Å². The van der Waals surface area contributed by atoms with Gasteiger partial charge in [0.15, 0.2) is 0 Å². The highest BCUT2D eigenvalue weighted by Gasteiger charge is 2.36. The van der Waals surface area contributed by atoms with E-state index in [4.69, 9.17) is 4.74 Å². The zero-order chi connectivity index (χ0) is 11.6. The lowest BCUT2D eigenvalue weighted by Crippen LogP contribution is -2.35. The molecular formula is C14H20O2. The third kappa shape index (κ3) is 2.13. The summed E-state index contributed by atoms with van der Waals surface area (Å²) in [4.78, 5) is 0. The Kier molecular flexibility index (Phi) is 3.31. The SMILES string of the molecule is COC1(c2ccc(C)cc2)CCC(O)CC1. The maximum absolute atomic E-state index is 9.57. The quantitative estimate of drug-likeness (QED) is 0.830. The molecule has 0 aliphatic heterocycles. The van der Waals surface area contributed by atoms with Crippen LogP contribution in [0, 0.1) is 6.92 Å². The Labute approximate surface area is 97.3 Å². The summed E-state index contributed by atoms with van der Waals surface area (Å²) in [6, 6.07) is 8.55. The molecule has 2 rings (SSSR count). The monoisotopic (exact) mass is 220 g/mol. The van der Waals surface area contributed by atoms with E-state index in [1.807, 2.05) is 0 Å². The van der Waals surface area contributed by atoms with E-state index in [0.717, 1.165) is 25.7 Å². The van der Waals surface area contributed by atoms with Crippen LogP contribution in [0.2, 0.25) is 0 Å². The second-order valence-electron chi connectivity index (χ2n) is 4.80. The molecule has 0 heterocycles. The van der Waals surface area contributed by atoms with Gasteiger partial charge in [0, 0.05) is 7.11 Å². The van der Waals surface area contributed by atoms with Crippen LogP contribution < -0.4 is 0 Å². The van der Waals surface area contributed by atoms with E-state index in [1.54, 1.807) is 7.11 Å². The Bertz CT molecular complexity index is 334. The predicted octanol–water partition coefficient (Wildman–Crippen LogP) is 2.77. The summed E-state index contributed by atoms with van der Waals surface area (Å²) in [5, 5.41) is 9.57. The van der Waals surface area contributed by atoms with Crippen molar-refractivity contribution in [3.63, 3.8) is 0 Å². The second-order valence-corrected chi connectivity index (χ2v) is 4.80. The van der Waals surface area contributed by atoms with Crippen LogP contribution in [0.5, 0.6) is 0 Å². The second kappa shape index (κ2) is 4.56. The minimum atomic E-state index is -0.174. The molecule has 1 aliphatic rings. The van der Waals surface area contributed by atoms with Gasteiger partial charge in [-0.2, -0.15) is 0 Å². The summed E-state index contributed by atoms with van der Waals surface area (Å²) in [5.41, 5.74) is 2.34. The van der Waals surface area contributed by atoms with Crippen LogP contribution in [-0.2, 0) is 10.3 Å². The van der Waals surface area contributed by atoms with E-state index in [9.17, 15) is 5.11 Å². The first-order valence-electron chi connectivity index (χ1n) is 5.97. The number of ether oxygens (including phenoxy) is 1. The number of aliphatic hydroxyl groups is 1. The van der Waals surface area contributed by atoms with Gasteiger partial charge < -0.3 is 9.84 Å². The molecule has 0 aromatic heterocycles. The normalized spacial score (nSPS) is 30.3. The Morgan fingerprint density at radius 2 is 1.75 bits per heavy atom. The molecule has 0 unspecified atom stereocenters. The van der Waals surface area contributed by atoms with Crippen LogP contribution in [0.15, 0.2) is 24.3 Å². The lowest BCUT2D eigenvalue weighted by molar-refractivity contribution is -0.0689. The van der Waals surface area contributed by atoms with Gasteiger partial charge in [0.2, 0.25) is 0 Å². The first kappa shape index (κ1) is 11.6. The fraction of sp³-hybridized carbons (Fsp3) is 0.571. The lowest BCUT2D eigenvalue weighted by atomic mass is 9.78. The van der Waals surface area contributed by atoms with Crippen molar-refractivity contribution in [1.29, 1.82) is 0 Å². The van der Waals surface area contributed by atoms with Crippen molar-refractivity contribution >= 4 is 0 Å². The first-order chi connectivity index (χ1) is 7.66. The molecule has 2 heteroatoms. The molecule has 1 aromatic rings. The first-order valence-corrected chi connectivity index (χ1v) is 5.97. The zero-order valence-electron chi connectivity index (χ0n) is 10.1. The summed E-state index contributed by atoms with van der Waals surface area (Å²) >= 11 is 0. The van der Waals surface area contributed by atoms with Crippen LogP contribution in [0.1, 0.15) is 36.8 Å². The predicted molar refractivity (Wildman–Crippen MR) is 64.3 cm³/mol. The van der Waals surface area contributed by atoms with Gasteiger partial charge in [0.1, 0.15) is 0 Å². The maximum atomic E-state index is 9.57. The summed E-state index contributed by atoms with van der Waals surface area (Å²) < 4.78 is 5.74. The highest BCUT2D eigenvalue weighted by Crippen LogP contribution is 2.40. The van der Waals surface area contributed by atoms with E-state index < -0.39 is 0 Å². The third-order valence-electron chi connectivity index (χ3n) is 3.73. The largest absolute Gasteiger partial charge is 0.393 e. The topological polar surface area (TPSA) is 29.5 Å². The number of aliphatic hydroxyl groups excluding tert-OH is 1. The van der Waals surface area contributed by atoms with Crippen molar-refractivity contribution in [2.24, 2.45) is 0 Å². The average molecular weight is 220 g/mol. The minimum Gasteiger partial charge on any atom is -0.393 e. The van der Waals surface area contributed by atoms with E-state index in [0.29, 0.717) is 0 Å².